The number of aliphatic hydroxyl groups excluding tert-OH is 1. The molecule has 2 aromatic carbocycles. The number of hydrogen-bond acceptors (Lipinski definition) is 6. The number of ether oxygens (including phenoxy) is 1. The van der Waals surface area contributed by atoms with E-state index in [0.29, 0.717) is 5.02 Å². The second-order valence-corrected chi connectivity index (χ2v) is 10.5. The minimum absolute atomic E-state index is 0.0343. The Balaban J connectivity index is 1.64. The third-order valence-corrected chi connectivity index (χ3v) is 7.81. The molecule has 33 heavy (non-hydrogen) atoms. The molecule has 0 aliphatic carbocycles. The Morgan fingerprint density at radius 2 is 1.85 bits per heavy atom. The maximum Gasteiger partial charge on any atom is 0.325 e. The molecule has 3 atom stereocenters. The van der Waals surface area contributed by atoms with Crippen molar-refractivity contribution in [3.05, 3.63) is 64.2 Å². The summed E-state index contributed by atoms with van der Waals surface area (Å²) in [5.41, 5.74) is 2.55. The van der Waals surface area contributed by atoms with E-state index in [0.717, 1.165) is 21.0 Å². The summed E-state index contributed by atoms with van der Waals surface area (Å²) in [6.07, 6.45) is -1.12. The first-order valence-corrected chi connectivity index (χ1v) is 12.3. The molecule has 2 unspecified atom stereocenters. The molecule has 8 nitrogen and oxygen atoms in total. The lowest BCUT2D eigenvalue weighted by atomic mass is 10.1. The van der Waals surface area contributed by atoms with Gasteiger partial charge in [0.05, 0.1) is 17.0 Å². The molecule has 2 aromatic rings. The van der Waals surface area contributed by atoms with Gasteiger partial charge in [0.25, 0.3) is 5.91 Å². The predicted octanol–water partition coefficient (Wildman–Crippen LogP) is 2.50. The highest BCUT2D eigenvalue weighted by atomic mass is 35.5. The van der Waals surface area contributed by atoms with E-state index in [1.807, 2.05) is 6.92 Å². The van der Waals surface area contributed by atoms with E-state index in [9.17, 15) is 23.1 Å². The lowest BCUT2D eigenvalue weighted by Crippen LogP contribution is -2.42. The number of rotatable bonds is 7. The third-order valence-electron chi connectivity index (χ3n) is 5.68. The van der Waals surface area contributed by atoms with Crippen molar-refractivity contribution in [2.45, 2.75) is 50.3 Å². The predicted molar refractivity (Wildman–Crippen MR) is 123 cm³/mol. The van der Waals surface area contributed by atoms with E-state index < -0.39 is 40.7 Å². The normalized spacial score (nSPS) is 19.8. The summed E-state index contributed by atoms with van der Waals surface area (Å²) < 4.78 is 32.3. The number of hydrogen-bond donors (Lipinski definition) is 2. The van der Waals surface area contributed by atoms with Crippen molar-refractivity contribution in [2.24, 2.45) is 0 Å². The van der Waals surface area contributed by atoms with Gasteiger partial charge >= 0.3 is 5.97 Å². The van der Waals surface area contributed by atoms with Crippen molar-refractivity contribution < 1.29 is 27.9 Å². The Bertz CT molecular complexity index is 1140. The summed E-state index contributed by atoms with van der Waals surface area (Å²) in [5.74, 6) is -1.42. The smallest absolute Gasteiger partial charge is 0.325 e. The number of aliphatic hydroxyl groups is 1. The van der Waals surface area contributed by atoms with Gasteiger partial charge in [-0.2, -0.15) is 4.31 Å². The monoisotopic (exact) mass is 494 g/mol. The summed E-state index contributed by atoms with van der Waals surface area (Å²) in [6, 6.07) is 10.1. The fraction of sp³-hybridized carbons (Fsp3) is 0.391. The first kappa shape index (κ1) is 25.2. The van der Waals surface area contributed by atoms with Crippen molar-refractivity contribution in [3.63, 3.8) is 0 Å². The molecule has 1 aliphatic heterocycles. The molecule has 0 bridgehead atoms. The number of carbonyl (C=O) groups is 2. The highest BCUT2D eigenvalue weighted by molar-refractivity contribution is 7.89. The first-order chi connectivity index (χ1) is 15.5. The number of nitrogens with one attached hydrogen (secondary N) is 1. The van der Waals surface area contributed by atoms with Crippen LogP contribution in [0.25, 0.3) is 0 Å². The van der Waals surface area contributed by atoms with Crippen LogP contribution in [0, 0.1) is 13.8 Å². The molecule has 1 amide bonds. The minimum Gasteiger partial charge on any atom is -0.454 e. The molecule has 0 aromatic heterocycles. The van der Waals surface area contributed by atoms with Gasteiger partial charge in [0.2, 0.25) is 10.0 Å². The summed E-state index contributed by atoms with van der Waals surface area (Å²) >= 11 is 5.87. The number of nitrogens with zero attached hydrogens (tertiary/aromatic N) is 1. The van der Waals surface area contributed by atoms with Crippen LogP contribution >= 0.6 is 11.6 Å². The number of carbonyl (C=O) groups excluding carboxylic acids is 2. The number of halogens is 1. The highest BCUT2D eigenvalue weighted by Gasteiger charge is 2.44. The molecular formula is C23H27ClN2O6S. The molecule has 1 saturated heterocycles. The van der Waals surface area contributed by atoms with Crippen LogP contribution in [0.4, 0.5) is 0 Å². The fourth-order valence-corrected chi connectivity index (χ4v) is 5.46. The second kappa shape index (κ2) is 10.2. The van der Waals surface area contributed by atoms with Crippen molar-refractivity contribution in [2.75, 3.05) is 13.2 Å². The zero-order valence-electron chi connectivity index (χ0n) is 18.6. The zero-order chi connectivity index (χ0) is 24.3. The van der Waals surface area contributed by atoms with E-state index in [1.54, 1.807) is 44.2 Å². The molecule has 0 radical (unpaired) electrons. The zero-order valence-corrected chi connectivity index (χ0v) is 20.2. The summed E-state index contributed by atoms with van der Waals surface area (Å²) in [4.78, 5) is 24.9. The largest absolute Gasteiger partial charge is 0.454 e. The quantitative estimate of drug-likeness (QED) is 0.572. The molecule has 1 aliphatic rings. The minimum atomic E-state index is -4.04. The Kier molecular flexibility index (Phi) is 7.79. The molecule has 0 spiro atoms. The lowest BCUT2D eigenvalue weighted by Gasteiger charge is -2.23. The highest BCUT2D eigenvalue weighted by Crippen LogP contribution is 2.28. The van der Waals surface area contributed by atoms with Crippen molar-refractivity contribution in [1.29, 1.82) is 0 Å². The van der Waals surface area contributed by atoms with Crippen LogP contribution in [-0.2, 0) is 24.3 Å². The van der Waals surface area contributed by atoms with Crippen LogP contribution in [0.2, 0.25) is 5.02 Å². The molecule has 0 saturated carbocycles. The Labute approximate surface area is 198 Å². The lowest BCUT2D eigenvalue weighted by molar-refractivity contribution is -0.151. The summed E-state index contributed by atoms with van der Waals surface area (Å²) in [7, 11) is -4.04. The number of sulfonamides is 1. The fourth-order valence-electron chi connectivity index (χ4n) is 3.62. The Morgan fingerprint density at radius 3 is 2.48 bits per heavy atom. The summed E-state index contributed by atoms with van der Waals surface area (Å²) in [5, 5.41) is 13.4. The van der Waals surface area contributed by atoms with Crippen LogP contribution in [0.5, 0.6) is 0 Å². The number of esters is 1. The van der Waals surface area contributed by atoms with Gasteiger partial charge in [-0.25, -0.2) is 8.42 Å². The van der Waals surface area contributed by atoms with Gasteiger partial charge < -0.3 is 15.2 Å². The maximum absolute atomic E-state index is 13.1. The van der Waals surface area contributed by atoms with Crippen LogP contribution in [-0.4, -0.2) is 55.0 Å². The topological polar surface area (TPSA) is 113 Å². The van der Waals surface area contributed by atoms with Gasteiger partial charge in [-0.05, 0) is 61.7 Å². The summed E-state index contributed by atoms with van der Waals surface area (Å²) in [6.45, 7) is 4.64. The number of β-amino-alcohol motifs (C(OH)–C–C–N with tert-alkyl or cyclic N) is 1. The molecule has 2 N–H and O–H groups in total. The van der Waals surface area contributed by atoms with Gasteiger partial charge in [-0.3, -0.25) is 9.59 Å². The standard InChI is InChI=1S/C23H27ClN2O6S/c1-14-4-9-20(10-15(14)2)33(30,31)26-12-19(27)11-21(26)23(29)32-13-22(28)25-16(3)17-5-7-18(24)8-6-17/h4-10,16,19,21,27H,11-13H2,1-3H3,(H,25,28)/t16?,19?,21-/m0/s1. The van der Waals surface area contributed by atoms with E-state index in [4.69, 9.17) is 16.3 Å². The van der Waals surface area contributed by atoms with Crippen molar-refractivity contribution in [3.8, 4) is 0 Å². The van der Waals surface area contributed by atoms with Gasteiger partial charge in [0.1, 0.15) is 6.04 Å². The molecule has 178 valence electrons. The number of benzene rings is 2. The van der Waals surface area contributed by atoms with Crippen LogP contribution in [0.15, 0.2) is 47.4 Å². The van der Waals surface area contributed by atoms with E-state index in [-0.39, 0.29) is 23.9 Å². The van der Waals surface area contributed by atoms with E-state index in [1.165, 1.54) is 12.1 Å². The molecule has 1 fully saturated rings. The second-order valence-electron chi connectivity index (χ2n) is 8.17. The first-order valence-electron chi connectivity index (χ1n) is 10.5. The Morgan fingerprint density at radius 1 is 1.18 bits per heavy atom. The van der Waals surface area contributed by atoms with Gasteiger partial charge in [-0.15, -0.1) is 0 Å². The van der Waals surface area contributed by atoms with E-state index in [2.05, 4.69) is 5.32 Å². The Hall–Kier alpha value is -2.46. The third kappa shape index (κ3) is 5.92. The van der Waals surface area contributed by atoms with E-state index >= 15 is 0 Å². The van der Waals surface area contributed by atoms with Gasteiger partial charge in [0, 0.05) is 18.0 Å². The van der Waals surface area contributed by atoms with Crippen LogP contribution in [0.3, 0.4) is 0 Å². The van der Waals surface area contributed by atoms with Crippen LogP contribution in [0.1, 0.15) is 36.1 Å². The van der Waals surface area contributed by atoms with Crippen LogP contribution < -0.4 is 5.32 Å². The molecule has 3 rings (SSSR count). The average molecular weight is 495 g/mol. The van der Waals surface area contributed by atoms with Crippen molar-refractivity contribution >= 4 is 33.5 Å². The SMILES string of the molecule is Cc1ccc(S(=O)(=O)N2CC(O)C[C@H]2C(=O)OCC(=O)NC(C)c2ccc(Cl)cc2)cc1C. The number of aryl methyl sites for hydroxylation is 2. The number of amides is 1. The van der Waals surface area contributed by atoms with Crippen molar-refractivity contribution in [1.82, 2.24) is 9.62 Å². The average Bonchev–Trinajstić information content (AvgIpc) is 3.17. The molecule has 10 heteroatoms. The molecular weight excluding hydrogens is 468 g/mol. The van der Waals surface area contributed by atoms with Gasteiger partial charge in [0.15, 0.2) is 6.61 Å². The maximum atomic E-state index is 13.1. The molecule has 1 heterocycles. The van der Waals surface area contributed by atoms with Gasteiger partial charge in [-0.1, -0.05) is 29.8 Å².